The number of fused-ring (bicyclic) bond motifs is 1. The molecule has 37 heavy (non-hydrogen) atoms. The molecule has 1 amide bonds. The van der Waals surface area contributed by atoms with E-state index in [2.05, 4.69) is 32.1 Å². The second kappa shape index (κ2) is 12.4. The highest BCUT2D eigenvalue weighted by Gasteiger charge is 2.34. The second-order valence-corrected chi connectivity index (χ2v) is 8.54. The van der Waals surface area contributed by atoms with Gasteiger partial charge in [-0.15, -0.1) is 24.8 Å². The fourth-order valence-corrected chi connectivity index (χ4v) is 4.27. The van der Waals surface area contributed by atoms with Crippen LogP contribution in [0.1, 0.15) is 22.7 Å². The topological polar surface area (TPSA) is 108 Å². The summed E-state index contributed by atoms with van der Waals surface area (Å²) in [6.45, 7) is 0.664. The summed E-state index contributed by atoms with van der Waals surface area (Å²) in [6, 6.07) is 20.8. The van der Waals surface area contributed by atoms with Gasteiger partial charge < -0.3 is 16.0 Å². The van der Waals surface area contributed by atoms with Crippen molar-refractivity contribution in [1.29, 1.82) is 5.26 Å². The predicted molar refractivity (Wildman–Crippen MR) is 149 cm³/mol. The van der Waals surface area contributed by atoms with Crippen molar-refractivity contribution in [2.24, 2.45) is 7.05 Å². The molecule has 2 aromatic carbocycles. The minimum Gasteiger partial charge on any atom is -0.355 e. The zero-order valence-corrected chi connectivity index (χ0v) is 21.7. The summed E-state index contributed by atoms with van der Waals surface area (Å²) in [5.74, 6) is 0.513. The first kappa shape index (κ1) is 27.7. The van der Waals surface area contributed by atoms with Crippen molar-refractivity contribution in [3.63, 3.8) is 0 Å². The van der Waals surface area contributed by atoms with Gasteiger partial charge in [-0.25, -0.2) is 4.98 Å². The van der Waals surface area contributed by atoms with Crippen molar-refractivity contribution < 1.29 is 4.79 Å². The largest absolute Gasteiger partial charge is 0.355 e. The van der Waals surface area contributed by atoms with Gasteiger partial charge in [0.05, 0.1) is 29.6 Å². The molecule has 0 spiro atoms. The van der Waals surface area contributed by atoms with Crippen LogP contribution in [0.25, 0.3) is 11.1 Å². The van der Waals surface area contributed by atoms with Gasteiger partial charge in [0.15, 0.2) is 5.82 Å². The maximum atomic E-state index is 13.2. The molecule has 1 aliphatic rings. The van der Waals surface area contributed by atoms with E-state index in [0.29, 0.717) is 23.6 Å². The maximum Gasteiger partial charge on any atom is 0.249 e. The van der Waals surface area contributed by atoms with Gasteiger partial charge >= 0.3 is 0 Å². The minimum atomic E-state index is -0.539. The number of amides is 1. The van der Waals surface area contributed by atoms with E-state index < -0.39 is 6.04 Å². The highest BCUT2D eigenvalue weighted by atomic mass is 35.5. The van der Waals surface area contributed by atoms with Crippen LogP contribution in [-0.4, -0.2) is 33.3 Å². The standard InChI is InChI=1S/C27H25N7O.2ClH/c1-34-17-22(16-31-34)21-13-23-26(30-15-21)33-25(27(35)32-23)24(20-5-3-2-4-6-20)29-12-11-18-7-9-19(14-28)10-8-18;;/h2-10,13,15-17,24-25,29H,11-12H2,1H3,(H,30,33)(H,32,35);2*1H/t24-,25-;;/m0../s1. The monoisotopic (exact) mass is 535 g/mol. The van der Waals surface area contributed by atoms with Crippen molar-refractivity contribution in [1.82, 2.24) is 20.1 Å². The second-order valence-electron chi connectivity index (χ2n) is 8.54. The fourth-order valence-electron chi connectivity index (χ4n) is 4.27. The number of hydrogen-bond acceptors (Lipinski definition) is 6. The summed E-state index contributed by atoms with van der Waals surface area (Å²) < 4.78 is 1.73. The van der Waals surface area contributed by atoms with Crippen molar-refractivity contribution in [2.45, 2.75) is 18.5 Å². The van der Waals surface area contributed by atoms with Crippen LogP contribution >= 0.6 is 24.8 Å². The molecule has 0 radical (unpaired) electrons. The highest BCUT2D eigenvalue weighted by Crippen LogP contribution is 2.32. The molecule has 1 aliphatic heterocycles. The number of halogens is 2. The van der Waals surface area contributed by atoms with Crippen molar-refractivity contribution >= 4 is 42.2 Å². The number of nitrogens with one attached hydrogen (secondary N) is 3. The Kier molecular flexibility index (Phi) is 9.25. The number of benzene rings is 2. The van der Waals surface area contributed by atoms with Crippen LogP contribution in [-0.2, 0) is 18.3 Å². The normalized spacial score (nSPS) is 14.6. The zero-order chi connectivity index (χ0) is 24.2. The lowest BCUT2D eigenvalue weighted by molar-refractivity contribution is -0.117. The first-order chi connectivity index (χ1) is 17.1. The van der Waals surface area contributed by atoms with Gasteiger partial charge in [0.2, 0.25) is 5.91 Å². The Morgan fingerprint density at radius 2 is 1.84 bits per heavy atom. The Morgan fingerprint density at radius 3 is 2.51 bits per heavy atom. The molecule has 0 saturated carbocycles. The number of aromatic nitrogens is 3. The molecule has 2 atom stereocenters. The van der Waals surface area contributed by atoms with Crippen molar-refractivity contribution in [2.75, 3.05) is 17.2 Å². The number of carbonyl (C=O) groups is 1. The number of anilines is 2. The lowest BCUT2D eigenvalue weighted by Crippen LogP contribution is -2.48. The molecule has 0 unspecified atom stereocenters. The molecular weight excluding hydrogens is 509 g/mol. The summed E-state index contributed by atoms with van der Waals surface area (Å²) in [7, 11) is 1.86. The third kappa shape index (κ3) is 6.27. The molecule has 4 aromatic rings. The summed E-state index contributed by atoms with van der Waals surface area (Å²) in [6.07, 6.45) is 6.24. The van der Waals surface area contributed by atoms with E-state index in [1.54, 1.807) is 17.1 Å². The van der Waals surface area contributed by atoms with E-state index in [-0.39, 0.29) is 36.8 Å². The first-order valence-electron chi connectivity index (χ1n) is 11.4. The Bertz CT molecular complexity index is 1380. The molecule has 2 aromatic heterocycles. The molecule has 0 bridgehead atoms. The molecule has 3 N–H and O–H groups in total. The molecule has 8 nitrogen and oxygen atoms in total. The van der Waals surface area contributed by atoms with Gasteiger partial charge in [0.1, 0.15) is 6.04 Å². The average Bonchev–Trinajstić information content (AvgIpc) is 3.33. The predicted octanol–water partition coefficient (Wildman–Crippen LogP) is 4.50. The maximum absolute atomic E-state index is 13.2. The van der Waals surface area contributed by atoms with Crippen molar-refractivity contribution in [3.8, 4) is 17.2 Å². The Hall–Kier alpha value is -3.90. The van der Waals surface area contributed by atoms with Crippen LogP contribution in [0.5, 0.6) is 0 Å². The number of rotatable bonds is 7. The molecule has 0 saturated heterocycles. The van der Waals surface area contributed by atoms with Gasteiger partial charge in [-0.2, -0.15) is 10.4 Å². The number of hydrogen-bond donors (Lipinski definition) is 3. The zero-order valence-electron chi connectivity index (χ0n) is 20.1. The Balaban J connectivity index is 0.00000190. The smallest absolute Gasteiger partial charge is 0.249 e. The van der Waals surface area contributed by atoms with E-state index in [0.717, 1.165) is 28.7 Å². The molecule has 10 heteroatoms. The lowest BCUT2D eigenvalue weighted by atomic mass is 9.96. The fraction of sp³-hybridized carbons (Fsp3) is 0.185. The van der Waals surface area contributed by atoms with Crippen LogP contribution in [0.15, 0.2) is 79.3 Å². The number of pyridine rings is 1. The van der Waals surface area contributed by atoms with Gasteiger partial charge in [-0.3, -0.25) is 9.48 Å². The summed E-state index contributed by atoms with van der Waals surface area (Å²) >= 11 is 0. The van der Waals surface area contributed by atoms with E-state index in [9.17, 15) is 4.79 Å². The SMILES string of the molecule is Cl.Cl.Cn1cc(-c2cnc3c(c2)NC(=O)[C@H]([C@@H](NCCc2ccc(C#N)cc2)c2ccccc2)N3)cn1. The third-order valence-electron chi connectivity index (χ3n) is 6.11. The van der Waals surface area contributed by atoms with E-state index in [1.807, 2.05) is 73.9 Å². The van der Waals surface area contributed by atoms with E-state index in [4.69, 9.17) is 5.26 Å². The van der Waals surface area contributed by atoms with Gasteiger partial charge in [0.25, 0.3) is 0 Å². The van der Waals surface area contributed by atoms with Crippen LogP contribution in [0.2, 0.25) is 0 Å². The molecular formula is C27H27Cl2N7O. The van der Waals surface area contributed by atoms with Gasteiger partial charge in [-0.1, -0.05) is 42.5 Å². The quantitative estimate of drug-likeness (QED) is 0.321. The van der Waals surface area contributed by atoms with Crippen LogP contribution in [0, 0.1) is 11.3 Å². The summed E-state index contributed by atoms with van der Waals surface area (Å²) in [4.78, 5) is 17.8. The minimum absolute atomic E-state index is 0. The molecule has 190 valence electrons. The Morgan fingerprint density at radius 1 is 1.08 bits per heavy atom. The number of nitrogens with zero attached hydrogens (tertiary/aromatic N) is 4. The highest BCUT2D eigenvalue weighted by molar-refractivity contribution is 6.03. The van der Waals surface area contributed by atoms with Gasteiger partial charge in [0, 0.05) is 30.6 Å². The summed E-state index contributed by atoms with van der Waals surface area (Å²) in [5, 5.41) is 23.2. The van der Waals surface area contributed by atoms with E-state index >= 15 is 0 Å². The lowest BCUT2D eigenvalue weighted by Gasteiger charge is -2.33. The summed E-state index contributed by atoms with van der Waals surface area (Å²) in [5.41, 5.74) is 5.25. The molecule has 3 heterocycles. The van der Waals surface area contributed by atoms with Crippen LogP contribution in [0.3, 0.4) is 0 Å². The third-order valence-corrected chi connectivity index (χ3v) is 6.11. The van der Waals surface area contributed by atoms with Crippen LogP contribution < -0.4 is 16.0 Å². The number of nitriles is 1. The van der Waals surface area contributed by atoms with Crippen molar-refractivity contribution in [3.05, 3.63) is 95.9 Å². The number of carbonyl (C=O) groups excluding carboxylic acids is 1. The molecule has 5 rings (SSSR count). The molecule has 0 aliphatic carbocycles. The Labute approximate surface area is 227 Å². The van der Waals surface area contributed by atoms with Gasteiger partial charge in [-0.05, 0) is 42.3 Å². The van der Waals surface area contributed by atoms with E-state index in [1.165, 1.54) is 0 Å². The molecule has 0 fully saturated rings. The number of aryl methyl sites for hydroxylation is 1. The average molecular weight is 536 g/mol. The first-order valence-corrected chi connectivity index (χ1v) is 11.4. The van der Waals surface area contributed by atoms with Crippen LogP contribution in [0.4, 0.5) is 11.5 Å².